The van der Waals surface area contributed by atoms with E-state index in [0.29, 0.717) is 37.4 Å². The van der Waals surface area contributed by atoms with Crippen LogP contribution in [0.5, 0.6) is 5.75 Å². The highest BCUT2D eigenvalue weighted by atomic mass is 32.1. The minimum atomic E-state index is -0.494. The minimum Gasteiger partial charge on any atom is -0.497 e. The Bertz CT molecular complexity index is 1190. The molecule has 3 amide bonds. The first-order valence-electron chi connectivity index (χ1n) is 10.6. The molecule has 0 saturated carbocycles. The lowest BCUT2D eigenvalue weighted by Gasteiger charge is -2.30. The Balaban J connectivity index is 1.30. The van der Waals surface area contributed by atoms with Gasteiger partial charge in [-0.05, 0) is 49.2 Å². The van der Waals surface area contributed by atoms with Crippen LogP contribution in [-0.4, -0.2) is 53.0 Å². The summed E-state index contributed by atoms with van der Waals surface area (Å²) in [5.74, 6) is -1.24. The van der Waals surface area contributed by atoms with Gasteiger partial charge in [-0.1, -0.05) is 23.5 Å². The molecule has 2 aromatic carbocycles. The third-order valence-corrected chi connectivity index (χ3v) is 6.34. The van der Waals surface area contributed by atoms with Gasteiger partial charge in [-0.15, -0.1) is 10.2 Å². The quantitative estimate of drug-likeness (QED) is 0.555. The predicted molar refractivity (Wildman–Crippen MR) is 125 cm³/mol. The lowest BCUT2D eigenvalue weighted by Crippen LogP contribution is -2.41. The minimum absolute atomic E-state index is 0.0679. The Morgan fingerprint density at radius 1 is 1.00 bits per heavy atom. The van der Waals surface area contributed by atoms with Gasteiger partial charge in [-0.2, -0.15) is 0 Å². The molecule has 176 valence electrons. The van der Waals surface area contributed by atoms with Gasteiger partial charge >= 0.3 is 0 Å². The number of likely N-dealkylation sites (tertiary alicyclic amines) is 1. The number of benzene rings is 2. The number of carbonyl (C=O) groups is 3. The summed E-state index contributed by atoms with van der Waals surface area (Å²) in [4.78, 5) is 39.3. The van der Waals surface area contributed by atoms with E-state index < -0.39 is 11.7 Å². The van der Waals surface area contributed by atoms with Crippen molar-refractivity contribution in [3.63, 3.8) is 0 Å². The Morgan fingerprint density at radius 2 is 1.68 bits per heavy atom. The molecule has 34 heavy (non-hydrogen) atoms. The first-order valence-corrected chi connectivity index (χ1v) is 11.4. The largest absolute Gasteiger partial charge is 0.497 e. The van der Waals surface area contributed by atoms with Crippen LogP contribution >= 0.6 is 11.3 Å². The van der Waals surface area contributed by atoms with E-state index in [9.17, 15) is 18.8 Å². The number of amides is 3. The lowest BCUT2D eigenvalue weighted by molar-refractivity contribution is -0.121. The van der Waals surface area contributed by atoms with E-state index in [1.165, 1.54) is 12.1 Å². The number of hydrogen-bond acceptors (Lipinski definition) is 7. The predicted octanol–water partition coefficient (Wildman–Crippen LogP) is 3.43. The molecule has 1 aliphatic heterocycles. The third kappa shape index (κ3) is 5.37. The fourth-order valence-corrected chi connectivity index (χ4v) is 4.24. The van der Waals surface area contributed by atoms with Gasteiger partial charge in [-0.3, -0.25) is 14.4 Å². The van der Waals surface area contributed by atoms with E-state index in [1.807, 2.05) is 0 Å². The number of aromatic nitrogens is 2. The first-order chi connectivity index (χ1) is 16.4. The van der Waals surface area contributed by atoms with Crippen molar-refractivity contribution in [2.75, 3.05) is 30.8 Å². The van der Waals surface area contributed by atoms with Crippen LogP contribution in [0.2, 0.25) is 0 Å². The maximum absolute atomic E-state index is 13.8. The molecule has 0 atom stereocenters. The Hall–Kier alpha value is -3.86. The summed E-state index contributed by atoms with van der Waals surface area (Å²) in [5, 5.41) is 13.2. The number of para-hydroxylation sites is 1. The van der Waals surface area contributed by atoms with Gasteiger partial charge in [0.05, 0.1) is 12.8 Å². The second kappa shape index (κ2) is 10.4. The molecule has 1 aliphatic rings. The van der Waals surface area contributed by atoms with Crippen molar-refractivity contribution < 1.29 is 23.5 Å². The third-order valence-electron chi connectivity index (χ3n) is 5.43. The van der Waals surface area contributed by atoms with Crippen molar-refractivity contribution >= 4 is 40.4 Å². The number of rotatable bonds is 6. The van der Waals surface area contributed by atoms with Crippen molar-refractivity contribution in [2.45, 2.75) is 12.8 Å². The fourth-order valence-electron chi connectivity index (χ4n) is 3.54. The molecule has 11 heteroatoms. The van der Waals surface area contributed by atoms with Gasteiger partial charge in [0.15, 0.2) is 0 Å². The maximum atomic E-state index is 13.8. The number of anilines is 2. The standard InChI is InChI=1S/C23H22FN5O4S/c1-33-16-8-6-15(7-9-16)25-20(31)21-27-28-22(34-21)23(32)29-12-10-14(11-13-29)19(30)26-18-5-3-2-4-17(18)24/h2-9,14H,10-13H2,1H3,(H,25,31)(H,26,30). The normalized spacial score (nSPS) is 13.9. The zero-order valence-corrected chi connectivity index (χ0v) is 19.1. The van der Waals surface area contributed by atoms with E-state index in [2.05, 4.69) is 20.8 Å². The number of halogens is 1. The highest BCUT2D eigenvalue weighted by molar-refractivity contribution is 7.15. The number of piperidine rings is 1. The molecule has 4 rings (SSSR count). The number of nitrogens with one attached hydrogen (secondary N) is 2. The van der Waals surface area contributed by atoms with Crippen LogP contribution in [0.25, 0.3) is 0 Å². The van der Waals surface area contributed by atoms with E-state index in [0.717, 1.165) is 11.3 Å². The second-order valence-corrected chi connectivity index (χ2v) is 8.61. The molecule has 2 heterocycles. The summed E-state index contributed by atoms with van der Waals surface area (Å²) in [6.45, 7) is 0.697. The molecule has 9 nitrogen and oxygen atoms in total. The summed E-state index contributed by atoms with van der Waals surface area (Å²) in [7, 11) is 1.55. The SMILES string of the molecule is COc1ccc(NC(=O)c2nnc(C(=O)N3CCC(C(=O)Nc4ccccc4F)CC3)s2)cc1. The van der Waals surface area contributed by atoms with Crippen molar-refractivity contribution in [1.82, 2.24) is 15.1 Å². The molecule has 0 radical (unpaired) electrons. The van der Waals surface area contributed by atoms with Crippen LogP contribution in [0.4, 0.5) is 15.8 Å². The van der Waals surface area contributed by atoms with Gasteiger partial charge in [0.2, 0.25) is 15.9 Å². The smallest absolute Gasteiger partial charge is 0.286 e. The Labute approximate surface area is 198 Å². The molecule has 0 unspecified atom stereocenters. The highest BCUT2D eigenvalue weighted by Gasteiger charge is 2.30. The van der Waals surface area contributed by atoms with Crippen LogP contribution < -0.4 is 15.4 Å². The average Bonchev–Trinajstić information content (AvgIpc) is 3.36. The van der Waals surface area contributed by atoms with E-state index in [-0.39, 0.29) is 33.4 Å². The van der Waals surface area contributed by atoms with Crippen molar-refractivity contribution in [3.8, 4) is 5.75 Å². The zero-order valence-electron chi connectivity index (χ0n) is 18.3. The molecule has 1 saturated heterocycles. The number of nitrogens with zero attached hydrogens (tertiary/aromatic N) is 3. The Morgan fingerprint density at radius 3 is 2.35 bits per heavy atom. The number of ether oxygens (including phenoxy) is 1. The number of carbonyl (C=O) groups excluding carboxylic acids is 3. The lowest BCUT2D eigenvalue weighted by atomic mass is 9.95. The molecule has 1 fully saturated rings. The fraction of sp³-hybridized carbons (Fsp3) is 0.261. The molecular weight excluding hydrogens is 461 g/mol. The summed E-state index contributed by atoms with van der Waals surface area (Å²) in [5.41, 5.74) is 0.699. The van der Waals surface area contributed by atoms with Crippen molar-refractivity contribution in [3.05, 3.63) is 64.4 Å². The summed E-state index contributed by atoms with van der Waals surface area (Å²) < 4.78 is 18.9. The van der Waals surface area contributed by atoms with Crippen LogP contribution in [0.15, 0.2) is 48.5 Å². The molecule has 3 aromatic rings. The van der Waals surface area contributed by atoms with Crippen LogP contribution in [0.3, 0.4) is 0 Å². The zero-order chi connectivity index (χ0) is 24.1. The summed E-state index contributed by atoms with van der Waals surface area (Å²) >= 11 is 0.909. The van der Waals surface area contributed by atoms with E-state index >= 15 is 0 Å². The van der Waals surface area contributed by atoms with Gasteiger partial charge in [0.1, 0.15) is 11.6 Å². The van der Waals surface area contributed by atoms with Crippen LogP contribution in [0, 0.1) is 11.7 Å². The Kier molecular flexibility index (Phi) is 7.12. The van der Waals surface area contributed by atoms with Crippen molar-refractivity contribution in [1.29, 1.82) is 0 Å². The van der Waals surface area contributed by atoms with Gasteiger partial charge in [0.25, 0.3) is 11.8 Å². The highest BCUT2D eigenvalue weighted by Crippen LogP contribution is 2.23. The molecule has 2 N–H and O–H groups in total. The average molecular weight is 484 g/mol. The molecule has 0 bridgehead atoms. The summed E-state index contributed by atoms with van der Waals surface area (Å²) in [6, 6.07) is 12.8. The van der Waals surface area contributed by atoms with Crippen LogP contribution in [-0.2, 0) is 4.79 Å². The van der Waals surface area contributed by atoms with Gasteiger partial charge in [-0.25, -0.2) is 4.39 Å². The monoisotopic (exact) mass is 483 g/mol. The van der Waals surface area contributed by atoms with Crippen LogP contribution in [0.1, 0.15) is 32.4 Å². The summed E-state index contributed by atoms with van der Waals surface area (Å²) in [6.07, 6.45) is 0.880. The van der Waals surface area contributed by atoms with Crippen molar-refractivity contribution in [2.24, 2.45) is 5.92 Å². The number of methoxy groups -OCH3 is 1. The number of hydrogen-bond donors (Lipinski definition) is 2. The second-order valence-electron chi connectivity index (χ2n) is 7.63. The van der Waals surface area contributed by atoms with Gasteiger partial charge in [0, 0.05) is 24.7 Å². The topological polar surface area (TPSA) is 114 Å². The maximum Gasteiger partial charge on any atom is 0.286 e. The van der Waals surface area contributed by atoms with Gasteiger partial charge < -0.3 is 20.3 Å². The molecule has 0 spiro atoms. The molecular formula is C23H22FN5O4S. The first kappa shape index (κ1) is 23.3. The van der Waals surface area contributed by atoms with E-state index in [1.54, 1.807) is 48.4 Å². The molecule has 0 aliphatic carbocycles. The van der Waals surface area contributed by atoms with E-state index in [4.69, 9.17) is 4.74 Å². The molecule has 1 aromatic heterocycles.